The van der Waals surface area contributed by atoms with Crippen molar-refractivity contribution >= 4 is 33.2 Å². The Bertz CT molecular complexity index is 1010. The second-order valence-corrected chi connectivity index (χ2v) is 8.24. The zero-order valence-electron chi connectivity index (χ0n) is 13.8. The fourth-order valence-corrected chi connectivity index (χ4v) is 4.62. The van der Waals surface area contributed by atoms with Gasteiger partial charge in [0.05, 0.1) is 11.4 Å². The predicted molar refractivity (Wildman–Crippen MR) is 101 cm³/mol. The summed E-state index contributed by atoms with van der Waals surface area (Å²) in [5, 5.41) is 4.92. The lowest BCUT2D eigenvalue weighted by Gasteiger charge is -2.18. The van der Waals surface area contributed by atoms with Gasteiger partial charge in [0.2, 0.25) is 10.0 Å². The number of halogens is 2. The molecule has 0 aliphatic heterocycles. The highest BCUT2D eigenvalue weighted by atomic mass is 35.5. The van der Waals surface area contributed by atoms with Crippen molar-refractivity contribution in [3.63, 3.8) is 0 Å². The SMILES string of the molecule is C[C@@H](NS(=O)(=O)c1ccccc1Cn1cncn1)c1ccc(Cl)cc1Cl. The molecule has 0 spiro atoms. The number of hydrogen-bond donors (Lipinski definition) is 1. The van der Waals surface area contributed by atoms with Crippen LogP contribution in [-0.2, 0) is 16.6 Å². The molecule has 1 atom stereocenters. The van der Waals surface area contributed by atoms with Crippen LogP contribution in [0.3, 0.4) is 0 Å². The molecular weight excluding hydrogens is 395 g/mol. The zero-order valence-corrected chi connectivity index (χ0v) is 16.1. The Labute approximate surface area is 161 Å². The summed E-state index contributed by atoms with van der Waals surface area (Å²) in [7, 11) is -3.77. The number of benzene rings is 2. The summed E-state index contributed by atoms with van der Waals surface area (Å²) in [4.78, 5) is 4.06. The van der Waals surface area contributed by atoms with Crippen LogP contribution in [0.15, 0.2) is 60.0 Å². The fourth-order valence-electron chi connectivity index (χ4n) is 2.60. The lowest BCUT2D eigenvalue weighted by molar-refractivity contribution is 0.564. The molecule has 1 heterocycles. The highest BCUT2D eigenvalue weighted by molar-refractivity contribution is 7.89. The third kappa shape index (κ3) is 4.24. The van der Waals surface area contributed by atoms with E-state index in [-0.39, 0.29) is 4.90 Å². The van der Waals surface area contributed by atoms with E-state index in [0.717, 1.165) is 0 Å². The third-order valence-corrected chi connectivity index (χ3v) is 6.03. The van der Waals surface area contributed by atoms with Gasteiger partial charge in [-0.2, -0.15) is 5.10 Å². The molecule has 1 N–H and O–H groups in total. The van der Waals surface area contributed by atoms with Crippen LogP contribution in [0.2, 0.25) is 10.0 Å². The molecule has 0 unspecified atom stereocenters. The first-order chi connectivity index (χ1) is 12.4. The lowest BCUT2D eigenvalue weighted by Crippen LogP contribution is -2.28. The van der Waals surface area contributed by atoms with Crippen molar-refractivity contribution in [2.24, 2.45) is 0 Å². The molecule has 0 saturated carbocycles. The van der Waals surface area contributed by atoms with Gasteiger partial charge in [-0.3, -0.25) is 0 Å². The Morgan fingerprint density at radius 2 is 1.96 bits per heavy atom. The summed E-state index contributed by atoms with van der Waals surface area (Å²) in [6.45, 7) is 2.03. The van der Waals surface area contributed by atoms with Crippen LogP contribution in [0.4, 0.5) is 0 Å². The Balaban J connectivity index is 1.88. The maximum absolute atomic E-state index is 12.9. The van der Waals surface area contributed by atoms with E-state index in [0.29, 0.717) is 27.7 Å². The van der Waals surface area contributed by atoms with Crippen LogP contribution >= 0.6 is 23.2 Å². The average molecular weight is 411 g/mol. The van der Waals surface area contributed by atoms with Crippen LogP contribution in [0.25, 0.3) is 0 Å². The number of hydrogen-bond acceptors (Lipinski definition) is 4. The molecule has 3 aromatic rings. The largest absolute Gasteiger partial charge is 0.249 e. The van der Waals surface area contributed by atoms with Crippen molar-refractivity contribution in [2.75, 3.05) is 0 Å². The topological polar surface area (TPSA) is 76.9 Å². The molecule has 9 heteroatoms. The first-order valence-corrected chi connectivity index (χ1v) is 9.98. The van der Waals surface area contributed by atoms with E-state index in [1.807, 2.05) is 0 Å². The van der Waals surface area contributed by atoms with E-state index < -0.39 is 16.1 Å². The summed E-state index contributed by atoms with van der Waals surface area (Å²) in [5.74, 6) is 0. The average Bonchev–Trinajstić information content (AvgIpc) is 3.07. The van der Waals surface area contributed by atoms with Crippen molar-refractivity contribution in [1.29, 1.82) is 0 Å². The Morgan fingerprint density at radius 3 is 2.65 bits per heavy atom. The van der Waals surface area contributed by atoms with E-state index in [4.69, 9.17) is 23.2 Å². The molecule has 0 radical (unpaired) electrons. The maximum atomic E-state index is 12.9. The molecule has 0 bridgehead atoms. The Hall–Kier alpha value is -1.93. The van der Waals surface area contributed by atoms with Gasteiger partial charge in [-0.15, -0.1) is 0 Å². The van der Waals surface area contributed by atoms with Gasteiger partial charge < -0.3 is 0 Å². The molecule has 2 aromatic carbocycles. The number of rotatable bonds is 6. The van der Waals surface area contributed by atoms with Gasteiger partial charge in [0.25, 0.3) is 0 Å². The summed E-state index contributed by atoms with van der Waals surface area (Å²) in [6, 6.07) is 11.2. The Kier molecular flexibility index (Phi) is 5.62. The van der Waals surface area contributed by atoms with Gasteiger partial charge in [0, 0.05) is 16.1 Å². The highest BCUT2D eigenvalue weighted by Gasteiger charge is 2.22. The van der Waals surface area contributed by atoms with Gasteiger partial charge in [0.1, 0.15) is 12.7 Å². The predicted octanol–water partition coefficient (Wildman–Crippen LogP) is 3.67. The number of aromatic nitrogens is 3. The van der Waals surface area contributed by atoms with E-state index in [9.17, 15) is 8.42 Å². The summed E-state index contributed by atoms with van der Waals surface area (Å²) < 4.78 is 30.1. The molecule has 0 aliphatic carbocycles. The molecule has 136 valence electrons. The number of sulfonamides is 1. The Morgan fingerprint density at radius 1 is 1.19 bits per heavy atom. The van der Waals surface area contributed by atoms with Crippen LogP contribution in [0, 0.1) is 0 Å². The van der Waals surface area contributed by atoms with Crippen LogP contribution in [0.1, 0.15) is 24.1 Å². The van der Waals surface area contributed by atoms with Gasteiger partial charge in [0.15, 0.2) is 0 Å². The van der Waals surface area contributed by atoms with Crippen molar-refractivity contribution in [1.82, 2.24) is 19.5 Å². The minimum atomic E-state index is -3.77. The first kappa shape index (κ1) is 18.8. The van der Waals surface area contributed by atoms with Gasteiger partial charge in [-0.05, 0) is 36.2 Å². The molecule has 0 fully saturated rings. The van der Waals surface area contributed by atoms with Gasteiger partial charge >= 0.3 is 0 Å². The molecule has 0 aliphatic rings. The molecule has 1 aromatic heterocycles. The van der Waals surface area contributed by atoms with Crippen molar-refractivity contribution in [3.8, 4) is 0 Å². The molecule has 3 rings (SSSR count). The second-order valence-electron chi connectivity index (χ2n) is 5.71. The lowest BCUT2D eigenvalue weighted by atomic mass is 10.1. The summed E-state index contributed by atoms with van der Waals surface area (Å²) >= 11 is 12.1. The quantitative estimate of drug-likeness (QED) is 0.672. The van der Waals surface area contributed by atoms with E-state index in [1.54, 1.807) is 54.1 Å². The van der Waals surface area contributed by atoms with Crippen molar-refractivity contribution in [3.05, 3.63) is 76.3 Å². The van der Waals surface area contributed by atoms with Gasteiger partial charge in [-0.25, -0.2) is 22.8 Å². The van der Waals surface area contributed by atoms with E-state index in [2.05, 4.69) is 14.8 Å². The molecule has 6 nitrogen and oxygen atoms in total. The minimum absolute atomic E-state index is 0.187. The second kappa shape index (κ2) is 7.75. The maximum Gasteiger partial charge on any atom is 0.241 e. The number of nitrogens with zero attached hydrogens (tertiary/aromatic N) is 3. The zero-order chi connectivity index (χ0) is 18.7. The minimum Gasteiger partial charge on any atom is -0.249 e. The first-order valence-electron chi connectivity index (χ1n) is 7.74. The van der Waals surface area contributed by atoms with Crippen LogP contribution in [-0.4, -0.2) is 23.2 Å². The normalized spacial score (nSPS) is 12.9. The highest BCUT2D eigenvalue weighted by Crippen LogP contribution is 2.27. The fraction of sp³-hybridized carbons (Fsp3) is 0.176. The molecule has 0 amide bonds. The summed E-state index contributed by atoms with van der Waals surface area (Å²) in [5.41, 5.74) is 1.26. The standard InChI is InChI=1S/C17H16Cl2N4O2S/c1-12(15-7-6-14(18)8-16(15)19)22-26(24,25)17-5-3-2-4-13(17)9-23-11-20-10-21-23/h2-8,10-12,22H,9H2,1H3/t12-/m1/s1. The number of nitrogens with one attached hydrogen (secondary N) is 1. The van der Waals surface area contributed by atoms with Crippen molar-refractivity contribution in [2.45, 2.75) is 24.4 Å². The van der Waals surface area contributed by atoms with Crippen LogP contribution in [0.5, 0.6) is 0 Å². The molecule has 0 saturated heterocycles. The smallest absolute Gasteiger partial charge is 0.241 e. The van der Waals surface area contributed by atoms with Gasteiger partial charge in [-0.1, -0.05) is 47.5 Å². The third-order valence-electron chi connectivity index (χ3n) is 3.82. The summed E-state index contributed by atoms with van der Waals surface area (Å²) in [6.07, 6.45) is 2.94. The molecular formula is C17H16Cl2N4O2S. The van der Waals surface area contributed by atoms with Crippen molar-refractivity contribution < 1.29 is 8.42 Å². The van der Waals surface area contributed by atoms with E-state index in [1.165, 1.54) is 12.7 Å². The van der Waals surface area contributed by atoms with Crippen LogP contribution < -0.4 is 4.72 Å². The van der Waals surface area contributed by atoms with E-state index >= 15 is 0 Å². The molecule has 26 heavy (non-hydrogen) atoms. The monoisotopic (exact) mass is 410 g/mol.